The normalized spacial score (nSPS) is 14.9. The molecule has 0 atom stereocenters. The summed E-state index contributed by atoms with van der Waals surface area (Å²) in [6.45, 7) is 14.4. The third-order valence-electron chi connectivity index (χ3n) is 7.70. The quantitative estimate of drug-likeness (QED) is 0.291. The molecule has 1 fully saturated rings. The summed E-state index contributed by atoms with van der Waals surface area (Å²) in [6, 6.07) is 10.5. The van der Waals surface area contributed by atoms with Crippen molar-refractivity contribution in [2.75, 3.05) is 30.8 Å². The van der Waals surface area contributed by atoms with Gasteiger partial charge in [0.1, 0.15) is 16.1 Å². The largest absolute Gasteiger partial charge is 0.342 e. The summed E-state index contributed by atoms with van der Waals surface area (Å²) in [4.78, 5) is 61.2. The molecule has 1 saturated heterocycles. The topological polar surface area (TPSA) is 112 Å². The van der Waals surface area contributed by atoms with Gasteiger partial charge in [-0.15, -0.1) is 11.3 Å². The summed E-state index contributed by atoms with van der Waals surface area (Å²) in [5.74, 6) is -0.394. The van der Waals surface area contributed by atoms with Crippen molar-refractivity contribution in [3.8, 4) is 11.1 Å². The number of ketones is 1. The minimum Gasteiger partial charge on any atom is -0.342 e. The summed E-state index contributed by atoms with van der Waals surface area (Å²) in [5, 5.41) is 5.78. The average Bonchev–Trinajstić information content (AvgIpc) is 3.37. The zero-order valence-corrected chi connectivity index (χ0v) is 27.1. The number of aryl methyl sites for hydroxylation is 1. The van der Waals surface area contributed by atoms with Crippen molar-refractivity contribution in [3.05, 3.63) is 63.6 Å². The molecule has 9 nitrogen and oxygen atoms in total. The third-order valence-corrected chi connectivity index (χ3v) is 9.24. The number of nitrogens with zero attached hydrogens (tertiary/aromatic N) is 3. The van der Waals surface area contributed by atoms with Gasteiger partial charge in [-0.1, -0.05) is 39.8 Å². The van der Waals surface area contributed by atoms with Crippen LogP contribution in [0.2, 0.25) is 0 Å². The number of anilines is 2. The molecule has 4 amide bonds. The van der Waals surface area contributed by atoms with Gasteiger partial charge in [0, 0.05) is 48.9 Å². The van der Waals surface area contributed by atoms with Crippen molar-refractivity contribution >= 4 is 46.3 Å². The van der Waals surface area contributed by atoms with E-state index in [-0.39, 0.29) is 23.0 Å². The summed E-state index contributed by atoms with van der Waals surface area (Å²) >= 11 is 1.34. The molecule has 43 heavy (non-hydrogen) atoms. The molecule has 2 aromatic heterocycles. The Balaban J connectivity index is 1.57. The lowest BCUT2D eigenvalue weighted by Gasteiger charge is -2.44. The lowest BCUT2D eigenvalue weighted by Crippen LogP contribution is -2.63. The van der Waals surface area contributed by atoms with Crippen molar-refractivity contribution in [3.63, 3.8) is 0 Å². The first kappa shape index (κ1) is 31.9. The minimum atomic E-state index is -1.01. The van der Waals surface area contributed by atoms with Crippen LogP contribution in [-0.2, 0) is 10.2 Å². The fourth-order valence-electron chi connectivity index (χ4n) is 5.07. The van der Waals surface area contributed by atoms with Crippen LogP contribution in [0.5, 0.6) is 0 Å². The highest BCUT2D eigenvalue weighted by Crippen LogP contribution is 2.38. The van der Waals surface area contributed by atoms with Crippen LogP contribution in [-0.4, -0.2) is 64.1 Å². The first-order valence-corrected chi connectivity index (χ1v) is 15.3. The SMILES string of the molecule is CCCC(=O)c1ccc(-c2cc(NC(=O)Nc3cc(C(C)(C)C)sc3C(=O)N3CCN(C)C(=O)C3(C)C)ccc2C)cn1. The van der Waals surface area contributed by atoms with Gasteiger partial charge in [0.15, 0.2) is 5.78 Å². The number of pyridine rings is 1. The van der Waals surface area contributed by atoms with Crippen molar-refractivity contribution < 1.29 is 19.2 Å². The van der Waals surface area contributed by atoms with Gasteiger partial charge in [0.25, 0.3) is 5.91 Å². The van der Waals surface area contributed by atoms with E-state index in [2.05, 4.69) is 36.4 Å². The molecule has 0 saturated carbocycles. The standard InChI is InChI=1S/C33H41N5O4S/c1-9-10-26(39)24-14-12-21(19-34-24)23-17-22(13-11-20(23)2)35-31(42)36-25-18-27(32(3,4)5)43-28(25)29(40)38-16-15-37(8)30(41)33(38,6)7/h11-14,17-19H,9-10,15-16H2,1-8H3,(H2,35,36,42). The Morgan fingerprint density at radius 1 is 1.05 bits per heavy atom. The molecular weight excluding hydrogens is 562 g/mol. The van der Waals surface area contributed by atoms with E-state index in [1.807, 2.05) is 44.2 Å². The summed E-state index contributed by atoms with van der Waals surface area (Å²) < 4.78 is 0. The molecule has 1 aliphatic heterocycles. The monoisotopic (exact) mass is 603 g/mol. The van der Waals surface area contributed by atoms with Crippen molar-refractivity contribution in [2.45, 2.75) is 72.3 Å². The van der Waals surface area contributed by atoms with E-state index in [1.165, 1.54) is 11.3 Å². The second-order valence-electron chi connectivity index (χ2n) is 12.6. The van der Waals surface area contributed by atoms with Crippen LogP contribution in [0, 0.1) is 6.92 Å². The lowest BCUT2D eigenvalue weighted by molar-refractivity contribution is -0.144. The highest BCUT2D eigenvalue weighted by molar-refractivity contribution is 7.14. The molecule has 0 radical (unpaired) electrons. The van der Waals surface area contributed by atoms with E-state index >= 15 is 0 Å². The predicted molar refractivity (Wildman–Crippen MR) is 172 cm³/mol. The number of rotatable bonds is 7. The Hall–Kier alpha value is -4.05. The second-order valence-corrected chi connectivity index (χ2v) is 13.6. The summed E-state index contributed by atoms with van der Waals surface area (Å²) in [7, 11) is 1.74. The molecular formula is C33H41N5O4S. The molecule has 1 aliphatic rings. The number of Topliss-reactive ketones (excluding diaryl/α,β-unsaturated/α-hetero) is 1. The molecule has 3 aromatic rings. The number of aromatic nitrogens is 1. The second kappa shape index (κ2) is 12.3. The van der Waals surface area contributed by atoms with Crippen LogP contribution in [0.15, 0.2) is 42.6 Å². The van der Waals surface area contributed by atoms with Gasteiger partial charge in [-0.2, -0.15) is 0 Å². The zero-order valence-electron chi connectivity index (χ0n) is 26.3. The summed E-state index contributed by atoms with van der Waals surface area (Å²) in [6.07, 6.45) is 2.90. The van der Waals surface area contributed by atoms with Crippen LogP contribution in [0.25, 0.3) is 11.1 Å². The summed E-state index contributed by atoms with van der Waals surface area (Å²) in [5.41, 5.74) is 2.85. The van der Waals surface area contributed by atoms with Gasteiger partial charge in [-0.05, 0) is 68.0 Å². The fourth-order valence-corrected chi connectivity index (χ4v) is 6.19. The highest BCUT2D eigenvalue weighted by Gasteiger charge is 2.44. The van der Waals surface area contributed by atoms with E-state index in [1.54, 1.807) is 43.0 Å². The third kappa shape index (κ3) is 6.80. The molecule has 0 spiro atoms. The van der Waals surface area contributed by atoms with Crippen LogP contribution in [0.1, 0.15) is 85.0 Å². The number of amides is 4. The Labute approximate surface area is 257 Å². The van der Waals surface area contributed by atoms with Gasteiger partial charge in [-0.25, -0.2) is 4.79 Å². The number of thiophene rings is 1. The number of carbonyl (C=O) groups is 4. The average molecular weight is 604 g/mol. The maximum Gasteiger partial charge on any atom is 0.323 e. The van der Waals surface area contributed by atoms with Gasteiger partial charge in [-0.3, -0.25) is 19.4 Å². The Bertz CT molecular complexity index is 1550. The van der Waals surface area contributed by atoms with E-state index in [4.69, 9.17) is 0 Å². The molecule has 0 aliphatic carbocycles. The fraction of sp³-hybridized carbons (Fsp3) is 0.424. The molecule has 3 heterocycles. The number of piperazine rings is 1. The number of carbonyl (C=O) groups excluding carboxylic acids is 4. The highest BCUT2D eigenvalue weighted by atomic mass is 32.1. The Morgan fingerprint density at radius 2 is 1.77 bits per heavy atom. The number of benzene rings is 1. The first-order valence-electron chi connectivity index (χ1n) is 14.5. The van der Waals surface area contributed by atoms with E-state index in [0.29, 0.717) is 41.5 Å². The van der Waals surface area contributed by atoms with E-state index in [0.717, 1.165) is 28.0 Å². The number of likely N-dealkylation sites (N-methyl/N-ethyl adjacent to an activating group) is 1. The van der Waals surface area contributed by atoms with Crippen molar-refractivity contribution in [2.24, 2.45) is 0 Å². The Morgan fingerprint density at radius 3 is 2.40 bits per heavy atom. The predicted octanol–water partition coefficient (Wildman–Crippen LogP) is 6.74. The molecule has 228 valence electrons. The molecule has 10 heteroatoms. The van der Waals surface area contributed by atoms with Crippen LogP contribution >= 0.6 is 11.3 Å². The molecule has 0 unspecified atom stereocenters. The van der Waals surface area contributed by atoms with Gasteiger partial charge in [0.2, 0.25) is 5.91 Å². The van der Waals surface area contributed by atoms with Crippen LogP contribution in [0.4, 0.5) is 16.2 Å². The van der Waals surface area contributed by atoms with Crippen LogP contribution in [0.3, 0.4) is 0 Å². The van der Waals surface area contributed by atoms with Crippen molar-refractivity contribution in [1.82, 2.24) is 14.8 Å². The van der Waals surface area contributed by atoms with Gasteiger partial charge < -0.3 is 20.4 Å². The van der Waals surface area contributed by atoms with E-state index < -0.39 is 11.6 Å². The van der Waals surface area contributed by atoms with E-state index in [9.17, 15) is 19.2 Å². The minimum absolute atomic E-state index is 0.0153. The maximum atomic E-state index is 13.9. The molecule has 4 rings (SSSR count). The zero-order chi connectivity index (χ0) is 31.7. The maximum absolute atomic E-state index is 13.9. The molecule has 1 aromatic carbocycles. The number of hydrogen-bond donors (Lipinski definition) is 2. The van der Waals surface area contributed by atoms with Crippen LogP contribution < -0.4 is 10.6 Å². The number of urea groups is 1. The lowest BCUT2D eigenvalue weighted by atomic mass is 9.94. The van der Waals surface area contributed by atoms with Gasteiger partial charge in [0.05, 0.1) is 5.69 Å². The smallest absolute Gasteiger partial charge is 0.323 e. The number of nitrogens with one attached hydrogen (secondary N) is 2. The molecule has 2 N–H and O–H groups in total. The first-order chi connectivity index (χ1) is 20.1. The number of hydrogen-bond acceptors (Lipinski definition) is 6. The van der Waals surface area contributed by atoms with Crippen molar-refractivity contribution in [1.29, 1.82) is 0 Å². The Kier molecular flexibility index (Phi) is 9.11. The molecule has 0 bridgehead atoms. The van der Waals surface area contributed by atoms with Gasteiger partial charge >= 0.3 is 6.03 Å².